The van der Waals surface area contributed by atoms with Crippen molar-refractivity contribution in [3.05, 3.63) is 65.7 Å². The molecule has 2 N–H and O–H groups in total. The highest BCUT2D eigenvalue weighted by molar-refractivity contribution is 5.98. The van der Waals surface area contributed by atoms with Gasteiger partial charge in [0.15, 0.2) is 5.78 Å². The first kappa shape index (κ1) is 20.0. The van der Waals surface area contributed by atoms with Crippen LogP contribution in [-0.2, 0) is 10.4 Å². The second-order valence-electron chi connectivity index (χ2n) is 7.05. The fourth-order valence-electron chi connectivity index (χ4n) is 3.51. The molecule has 6 heteroatoms. The SMILES string of the molecule is COc1ccc(C(=O)CCC(=O)N2CC[C@](O)(c3ccccc3)[C@@H](O)C2)cc1. The molecule has 1 saturated heterocycles. The number of aliphatic hydroxyl groups excluding tert-OH is 1. The number of ether oxygens (including phenoxy) is 1. The zero-order valence-electron chi connectivity index (χ0n) is 15.9. The quantitative estimate of drug-likeness (QED) is 0.747. The van der Waals surface area contributed by atoms with E-state index in [-0.39, 0.29) is 37.5 Å². The molecule has 2 atom stereocenters. The predicted molar refractivity (Wildman–Crippen MR) is 104 cm³/mol. The molecule has 0 bridgehead atoms. The number of benzene rings is 2. The lowest BCUT2D eigenvalue weighted by Gasteiger charge is -2.42. The van der Waals surface area contributed by atoms with Crippen molar-refractivity contribution in [1.82, 2.24) is 4.90 Å². The second kappa shape index (κ2) is 8.54. The molecule has 1 fully saturated rings. The van der Waals surface area contributed by atoms with Crippen molar-refractivity contribution >= 4 is 11.7 Å². The maximum atomic E-state index is 12.5. The fraction of sp³-hybridized carbons (Fsp3) is 0.364. The van der Waals surface area contributed by atoms with Gasteiger partial charge in [0.2, 0.25) is 5.91 Å². The first-order valence-electron chi connectivity index (χ1n) is 9.35. The van der Waals surface area contributed by atoms with E-state index in [1.807, 2.05) is 18.2 Å². The zero-order valence-corrected chi connectivity index (χ0v) is 15.9. The number of carbonyl (C=O) groups is 2. The summed E-state index contributed by atoms with van der Waals surface area (Å²) in [6, 6.07) is 15.8. The van der Waals surface area contributed by atoms with Gasteiger partial charge in [0, 0.05) is 37.9 Å². The van der Waals surface area contributed by atoms with Crippen molar-refractivity contribution < 1.29 is 24.5 Å². The Bertz CT molecular complexity index is 821. The van der Waals surface area contributed by atoms with E-state index in [9.17, 15) is 19.8 Å². The Hall–Kier alpha value is -2.70. The van der Waals surface area contributed by atoms with Crippen molar-refractivity contribution in [3.63, 3.8) is 0 Å². The highest BCUT2D eigenvalue weighted by atomic mass is 16.5. The Balaban J connectivity index is 1.55. The molecule has 1 amide bonds. The van der Waals surface area contributed by atoms with Crippen LogP contribution in [-0.4, -0.2) is 53.1 Å². The maximum absolute atomic E-state index is 12.5. The number of aliphatic hydroxyl groups is 2. The topological polar surface area (TPSA) is 87.1 Å². The van der Waals surface area contributed by atoms with Crippen LogP contribution in [0.25, 0.3) is 0 Å². The molecule has 1 aliphatic rings. The van der Waals surface area contributed by atoms with Crippen molar-refractivity contribution in [2.75, 3.05) is 20.2 Å². The van der Waals surface area contributed by atoms with Crippen LogP contribution in [0.2, 0.25) is 0 Å². The minimum atomic E-state index is -1.36. The minimum absolute atomic E-state index is 0.0426. The monoisotopic (exact) mass is 383 g/mol. The summed E-state index contributed by atoms with van der Waals surface area (Å²) in [5.74, 6) is 0.353. The molecular weight excluding hydrogens is 358 g/mol. The Morgan fingerprint density at radius 1 is 1.11 bits per heavy atom. The first-order chi connectivity index (χ1) is 13.4. The smallest absolute Gasteiger partial charge is 0.223 e. The Labute approximate surface area is 164 Å². The van der Waals surface area contributed by atoms with Gasteiger partial charge in [-0.1, -0.05) is 30.3 Å². The van der Waals surface area contributed by atoms with E-state index in [2.05, 4.69) is 0 Å². The third kappa shape index (κ3) is 4.24. The average molecular weight is 383 g/mol. The highest BCUT2D eigenvalue weighted by Crippen LogP contribution is 2.33. The van der Waals surface area contributed by atoms with E-state index in [1.165, 1.54) is 4.90 Å². The number of carbonyl (C=O) groups excluding carboxylic acids is 2. The van der Waals surface area contributed by atoms with Crippen molar-refractivity contribution in [1.29, 1.82) is 0 Å². The molecule has 2 aromatic rings. The summed E-state index contributed by atoms with van der Waals surface area (Å²) in [5, 5.41) is 21.4. The third-order valence-electron chi connectivity index (χ3n) is 5.31. The molecule has 6 nitrogen and oxygen atoms in total. The van der Waals surface area contributed by atoms with Gasteiger partial charge in [-0.3, -0.25) is 9.59 Å². The van der Waals surface area contributed by atoms with Crippen LogP contribution in [0.5, 0.6) is 5.75 Å². The summed E-state index contributed by atoms with van der Waals surface area (Å²) in [6.45, 7) is 0.374. The van der Waals surface area contributed by atoms with Gasteiger partial charge in [0.05, 0.1) is 7.11 Å². The third-order valence-corrected chi connectivity index (χ3v) is 5.31. The number of hydrogen-bond acceptors (Lipinski definition) is 5. The van der Waals surface area contributed by atoms with E-state index < -0.39 is 11.7 Å². The first-order valence-corrected chi connectivity index (χ1v) is 9.35. The van der Waals surface area contributed by atoms with Gasteiger partial charge in [-0.2, -0.15) is 0 Å². The number of Topliss-reactive ketones (excluding diaryl/α,β-unsaturated/α-hetero) is 1. The molecular formula is C22H25NO5. The summed E-state index contributed by atoms with van der Waals surface area (Å²) < 4.78 is 5.07. The number of piperidine rings is 1. The molecule has 1 aliphatic heterocycles. The summed E-state index contributed by atoms with van der Waals surface area (Å²) in [5.41, 5.74) is -0.188. The van der Waals surface area contributed by atoms with E-state index >= 15 is 0 Å². The lowest BCUT2D eigenvalue weighted by molar-refractivity contribution is -0.151. The van der Waals surface area contributed by atoms with Gasteiger partial charge < -0.3 is 19.8 Å². The Morgan fingerprint density at radius 3 is 2.39 bits per heavy atom. The van der Waals surface area contributed by atoms with Gasteiger partial charge in [0.1, 0.15) is 17.5 Å². The van der Waals surface area contributed by atoms with Crippen molar-refractivity contribution in [3.8, 4) is 5.75 Å². The molecule has 3 rings (SSSR count). The number of nitrogens with zero attached hydrogens (tertiary/aromatic N) is 1. The molecule has 2 aromatic carbocycles. The average Bonchev–Trinajstić information content (AvgIpc) is 2.74. The second-order valence-corrected chi connectivity index (χ2v) is 7.05. The van der Waals surface area contributed by atoms with E-state index in [1.54, 1.807) is 43.5 Å². The number of amides is 1. The van der Waals surface area contributed by atoms with Crippen LogP contribution < -0.4 is 4.74 Å². The molecule has 0 unspecified atom stereocenters. The Morgan fingerprint density at radius 2 is 1.79 bits per heavy atom. The lowest BCUT2D eigenvalue weighted by atomic mass is 9.82. The summed E-state index contributed by atoms with van der Waals surface area (Å²) >= 11 is 0. The van der Waals surface area contributed by atoms with E-state index in [4.69, 9.17) is 4.74 Å². The minimum Gasteiger partial charge on any atom is -0.497 e. The summed E-state index contributed by atoms with van der Waals surface area (Å²) in [6.07, 6.45) is -0.664. The summed E-state index contributed by atoms with van der Waals surface area (Å²) in [7, 11) is 1.56. The van der Waals surface area contributed by atoms with E-state index in [0.717, 1.165) is 0 Å². The van der Waals surface area contributed by atoms with Crippen LogP contribution in [0.15, 0.2) is 54.6 Å². The van der Waals surface area contributed by atoms with Crippen LogP contribution >= 0.6 is 0 Å². The molecule has 0 aromatic heterocycles. The van der Waals surface area contributed by atoms with E-state index in [0.29, 0.717) is 23.4 Å². The standard InChI is InChI=1S/C22H25NO5/c1-28-18-9-7-16(8-10-18)19(24)11-12-21(26)23-14-13-22(27,20(25)15-23)17-5-3-2-4-6-17/h2-10,20,25,27H,11-15H2,1H3/t20-,22-/m0/s1. The lowest BCUT2D eigenvalue weighted by Crippen LogP contribution is -2.55. The van der Waals surface area contributed by atoms with Crippen LogP contribution in [0, 0.1) is 0 Å². The fourth-order valence-corrected chi connectivity index (χ4v) is 3.51. The van der Waals surface area contributed by atoms with Crippen molar-refractivity contribution in [2.45, 2.75) is 31.0 Å². The number of β-amino-alcohol motifs (C(OH)–C–C–N with tert-alkyl or cyclic N) is 1. The maximum Gasteiger partial charge on any atom is 0.223 e. The van der Waals surface area contributed by atoms with Gasteiger partial charge >= 0.3 is 0 Å². The molecule has 148 valence electrons. The highest BCUT2D eigenvalue weighted by Gasteiger charge is 2.42. The number of methoxy groups -OCH3 is 1. The van der Waals surface area contributed by atoms with Gasteiger partial charge in [-0.05, 0) is 29.8 Å². The van der Waals surface area contributed by atoms with Crippen molar-refractivity contribution in [2.24, 2.45) is 0 Å². The molecule has 1 heterocycles. The number of rotatable bonds is 6. The molecule has 0 radical (unpaired) electrons. The van der Waals surface area contributed by atoms with Crippen LogP contribution in [0.1, 0.15) is 35.2 Å². The number of likely N-dealkylation sites (tertiary alicyclic amines) is 1. The van der Waals surface area contributed by atoms with Gasteiger partial charge in [0.25, 0.3) is 0 Å². The largest absolute Gasteiger partial charge is 0.497 e. The molecule has 0 spiro atoms. The normalized spacial score (nSPS) is 22.0. The van der Waals surface area contributed by atoms with Gasteiger partial charge in [-0.25, -0.2) is 0 Å². The van der Waals surface area contributed by atoms with Gasteiger partial charge in [-0.15, -0.1) is 0 Å². The molecule has 0 aliphatic carbocycles. The van der Waals surface area contributed by atoms with Crippen LogP contribution in [0.4, 0.5) is 0 Å². The Kier molecular flexibility index (Phi) is 6.11. The zero-order chi connectivity index (χ0) is 20.1. The number of hydrogen-bond donors (Lipinski definition) is 2. The van der Waals surface area contributed by atoms with Crippen LogP contribution in [0.3, 0.4) is 0 Å². The summed E-state index contributed by atoms with van der Waals surface area (Å²) in [4.78, 5) is 26.3. The molecule has 0 saturated carbocycles. The number of ketones is 1. The molecule has 28 heavy (non-hydrogen) atoms. The predicted octanol–water partition coefficient (Wildman–Crippen LogP) is 2.14.